The second kappa shape index (κ2) is 4.46. The molecule has 0 aromatic heterocycles. The Labute approximate surface area is 98.7 Å². The van der Waals surface area contributed by atoms with Gasteiger partial charge in [0.15, 0.2) is 0 Å². The summed E-state index contributed by atoms with van der Waals surface area (Å²) in [5.41, 5.74) is 1.61. The van der Waals surface area contributed by atoms with Gasteiger partial charge in [0.25, 0.3) is 0 Å². The summed E-state index contributed by atoms with van der Waals surface area (Å²) in [6, 6.07) is 10.7. The lowest BCUT2D eigenvalue weighted by Gasteiger charge is -2.37. The van der Waals surface area contributed by atoms with Crippen LogP contribution in [-0.2, 0) is 0 Å². The molecule has 88 valence electrons. The van der Waals surface area contributed by atoms with Gasteiger partial charge in [-0.1, -0.05) is 18.2 Å². The zero-order valence-electron chi connectivity index (χ0n) is 10.5. The van der Waals surface area contributed by atoms with E-state index in [9.17, 15) is 0 Å². The van der Waals surface area contributed by atoms with Crippen LogP contribution in [0.3, 0.4) is 0 Å². The number of benzene rings is 1. The molecule has 1 aliphatic heterocycles. The average molecular weight is 218 g/mol. The molecule has 0 radical (unpaired) electrons. The standard InChI is InChI=1S/C14H22N2/c1-14(2)12(11-15-3)9-10-16(14)13-7-5-4-6-8-13/h4-8,12,15H,9-11H2,1-3H3. The average Bonchev–Trinajstić information content (AvgIpc) is 2.57. The molecule has 2 nitrogen and oxygen atoms in total. The molecule has 1 aromatic carbocycles. The van der Waals surface area contributed by atoms with E-state index in [0.717, 1.165) is 12.5 Å². The number of rotatable bonds is 3. The highest BCUT2D eigenvalue weighted by Gasteiger charge is 2.40. The molecule has 1 unspecified atom stereocenters. The first-order valence-corrected chi connectivity index (χ1v) is 6.13. The maximum Gasteiger partial charge on any atom is 0.0386 e. The number of hydrogen-bond donors (Lipinski definition) is 1. The highest BCUT2D eigenvalue weighted by molar-refractivity contribution is 5.50. The molecule has 0 amide bonds. The molecular formula is C14H22N2. The zero-order chi connectivity index (χ0) is 11.6. The van der Waals surface area contributed by atoms with E-state index in [1.54, 1.807) is 0 Å². The van der Waals surface area contributed by atoms with Crippen LogP contribution >= 0.6 is 0 Å². The summed E-state index contributed by atoms with van der Waals surface area (Å²) in [7, 11) is 2.04. The zero-order valence-corrected chi connectivity index (χ0v) is 10.5. The lowest BCUT2D eigenvalue weighted by Crippen LogP contribution is -2.45. The van der Waals surface area contributed by atoms with Crippen LogP contribution in [0, 0.1) is 5.92 Å². The first kappa shape index (κ1) is 11.5. The summed E-state index contributed by atoms with van der Waals surface area (Å²) in [6.45, 7) is 6.99. The predicted octanol–water partition coefficient (Wildman–Crippen LogP) is 2.51. The van der Waals surface area contributed by atoms with E-state index >= 15 is 0 Å². The Morgan fingerprint density at radius 2 is 2.00 bits per heavy atom. The van der Waals surface area contributed by atoms with Gasteiger partial charge in [0, 0.05) is 17.8 Å². The van der Waals surface area contributed by atoms with Crippen molar-refractivity contribution in [3.63, 3.8) is 0 Å². The maximum atomic E-state index is 3.31. The van der Waals surface area contributed by atoms with Crippen LogP contribution in [0.15, 0.2) is 30.3 Å². The molecule has 0 spiro atoms. The van der Waals surface area contributed by atoms with Gasteiger partial charge in [-0.3, -0.25) is 0 Å². The molecule has 2 rings (SSSR count). The molecule has 1 atom stereocenters. The second-order valence-corrected chi connectivity index (χ2v) is 5.18. The monoisotopic (exact) mass is 218 g/mol. The molecular weight excluding hydrogens is 196 g/mol. The van der Waals surface area contributed by atoms with E-state index in [-0.39, 0.29) is 5.54 Å². The number of para-hydroxylation sites is 1. The Morgan fingerprint density at radius 1 is 1.31 bits per heavy atom. The van der Waals surface area contributed by atoms with E-state index in [1.807, 2.05) is 7.05 Å². The molecule has 1 N–H and O–H groups in total. The molecule has 1 heterocycles. The number of hydrogen-bond acceptors (Lipinski definition) is 2. The fourth-order valence-corrected chi connectivity index (χ4v) is 2.81. The van der Waals surface area contributed by atoms with Gasteiger partial charge in [-0.2, -0.15) is 0 Å². The minimum absolute atomic E-state index is 0.254. The summed E-state index contributed by atoms with van der Waals surface area (Å²) in [4.78, 5) is 2.54. The first-order valence-electron chi connectivity index (χ1n) is 6.13. The quantitative estimate of drug-likeness (QED) is 0.838. The largest absolute Gasteiger partial charge is 0.366 e. The van der Waals surface area contributed by atoms with Gasteiger partial charge in [0.2, 0.25) is 0 Å². The van der Waals surface area contributed by atoms with Crippen LogP contribution in [0.5, 0.6) is 0 Å². The molecule has 16 heavy (non-hydrogen) atoms. The third-order valence-electron chi connectivity index (χ3n) is 3.91. The van der Waals surface area contributed by atoms with Crippen LogP contribution in [-0.4, -0.2) is 25.7 Å². The number of anilines is 1. The Bertz CT molecular complexity index is 332. The molecule has 1 aromatic rings. The van der Waals surface area contributed by atoms with Gasteiger partial charge in [0.1, 0.15) is 0 Å². The van der Waals surface area contributed by atoms with Crippen LogP contribution in [0.1, 0.15) is 20.3 Å². The molecule has 1 saturated heterocycles. The fourth-order valence-electron chi connectivity index (χ4n) is 2.81. The highest BCUT2D eigenvalue weighted by Crippen LogP contribution is 2.37. The summed E-state index contributed by atoms with van der Waals surface area (Å²) >= 11 is 0. The van der Waals surface area contributed by atoms with Gasteiger partial charge in [-0.05, 0) is 51.9 Å². The van der Waals surface area contributed by atoms with Crippen molar-refractivity contribution in [1.82, 2.24) is 5.32 Å². The number of nitrogens with one attached hydrogen (secondary N) is 1. The van der Waals surface area contributed by atoms with Crippen molar-refractivity contribution < 1.29 is 0 Å². The molecule has 2 heteroatoms. The normalized spacial score (nSPS) is 23.7. The summed E-state index contributed by atoms with van der Waals surface area (Å²) in [5, 5.41) is 3.31. The summed E-state index contributed by atoms with van der Waals surface area (Å²) < 4.78 is 0. The summed E-state index contributed by atoms with van der Waals surface area (Å²) in [6.07, 6.45) is 1.28. The van der Waals surface area contributed by atoms with Crippen molar-refractivity contribution in [2.75, 3.05) is 25.0 Å². The Kier molecular flexibility index (Phi) is 3.20. The van der Waals surface area contributed by atoms with E-state index < -0.39 is 0 Å². The second-order valence-electron chi connectivity index (χ2n) is 5.18. The van der Waals surface area contributed by atoms with Crippen LogP contribution < -0.4 is 10.2 Å². The van der Waals surface area contributed by atoms with Crippen LogP contribution in [0.25, 0.3) is 0 Å². The minimum atomic E-state index is 0.254. The van der Waals surface area contributed by atoms with Gasteiger partial charge in [-0.25, -0.2) is 0 Å². The van der Waals surface area contributed by atoms with Crippen molar-refractivity contribution >= 4 is 5.69 Å². The van der Waals surface area contributed by atoms with Crippen molar-refractivity contribution in [2.45, 2.75) is 25.8 Å². The van der Waals surface area contributed by atoms with Gasteiger partial charge in [-0.15, -0.1) is 0 Å². The van der Waals surface area contributed by atoms with Crippen molar-refractivity contribution in [1.29, 1.82) is 0 Å². The van der Waals surface area contributed by atoms with Gasteiger partial charge >= 0.3 is 0 Å². The van der Waals surface area contributed by atoms with E-state index in [4.69, 9.17) is 0 Å². The lowest BCUT2D eigenvalue weighted by molar-refractivity contribution is 0.356. The smallest absolute Gasteiger partial charge is 0.0386 e. The molecule has 0 aliphatic carbocycles. The maximum absolute atomic E-state index is 3.31. The third-order valence-corrected chi connectivity index (χ3v) is 3.91. The highest BCUT2D eigenvalue weighted by atomic mass is 15.2. The SMILES string of the molecule is CNCC1CCN(c2ccccc2)C1(C)C. The van der Waals surface area contributed by atoms with Crippen molar-refractivity contribution in [2.24, 2.45) is 5.92 Å². The van der Waals surface area contributed by atoms with Crippen LogP contribution in [0.2, 0.25) is 0 Å². The minimum Gasteiger partial charge on any atom is -0.366 e. The third kappa shape index (κ3) is 1.94. The van der Waals surface area contributed by atoms with E-state index in [1.165, 1.54) is 18.7 Å². The predicted molar refractivity (Wildman–Crippen MR) is 69.9 cm³/mol. The van der Waals surface area contributed by atoms with E-state index in [0.29, 0.717) is 0 Å². The van der Waals surface area contributed by atoms with Gasteiger partial charge < -0.3 is 10.2 Å². The first-order chi connectivity index (χ1) is 7.66. The van der Waals surface area contributed by atoms with Crippen molar-refractivity contribution in [3.8, 4) is 0 Å². The molecule has 1 aliphatic rings. The topological polar surface area (TPSA) is 15.3 Å². The lowest BCUT2D eigenvalue weighted by atomic mass is 9.88. The van der Waals surface area contributed by atoms with E-state index in [2.05, 4.69) is 54.4 Å². The molecule has 0 bridgehead atoms. The summed E-state index contributed by atoms with van der Waals surface area (Å²) in [5.74, 6) is 0.734. The molecule has 0 saturated carbocycles. The van der Waals surface area contributed by atoms with Crippen LogP contribution in [0.4, 0.5) is 5.69 Å². The van der Waals surface area contributed by atoms with Gasteiger partial charge in [0.05, 0.1) is 0 Å². The number of nitrogens with zero attached hydrogens (tertiary/aromatic N) is 1. The Balaban J connectivity index is 2.19. The fraction of sp³-hybridized carbons (Fsp3) is 0.571. The Morgan fingerprint density at radius 3 is 2.62 bits per heavy atom. The van der Waals surface area contributed by atoms with Crippen molar-refractivity contribution in [3.05, 3.63) is 30.3 Å². The molecule has 1 fully saturated rings. The Hall–Kier alpha value is -1.02.